The van der Waals surface area contributed by atoms with E-state index in [2.05, 4.69) is 0 Å². The summed E-state index contributed by atoms with van der Waals surface area (Å²) >= 11 is 0. The molecule has 1 heterocycles. The lowest BCUT2D eigenvalue weighted by Gasteiger charge is -1.99. The van der Waals surface area contributed by atoms with E-state index in [9.17, 15) is 0 Å². The van der Waals surface area contributed by atoms with E-state index in [1.165, 1.54) is 6.42 Å². The van der Waals surface area contributed by atoms with Gasteiger partial charge in [0, 0.05) is 15.6 Å². The van der Waals surface area contributed by atoms with Crippen LogP contribution in [0.5, 0.6) is 0 Å². The van der Waals surface area contributed by atoms with Gasteiger partial charge in [0.25, 0.3) is 0 Å². The molecule has 0 saturated carbocycles. The Bertz CT molecular complexity index is 97.8. The van der Waals surface area contributed by atoms with Crippen molar-refractivity contribution in [2.75, 3.05) is 19.8 Å². The first kappa shape index (κ1) is 9.66. The molecule has 1 saturated heterocycles. The van der Waals surface area contributed by atoms with Crippen LogP contribution in [-0.2, 0) is 9.47 Å². The second kappa shape index (κ2) is 6.13. The Hall–Kier alpha value is 0.571. The fraction of sp³-hybridized carbons (Fsp3) is 1.00. The number of hydrogen-bond donors (Lipinski definition) is 0. The molecule has 0 radical (unpaired) electrons. The predicted molar refractivity (Wildman–Crippen MR) is 57.0 cm³/mol. The van der Waals surface area contributed by atoms with Crippen molar-refractivity contribution in [3.05, 3.63) is 0 Å². The SMILES string of the molecule is [SiH3][SiH2][SiH2]CCCOCC1CO1. The maximum Gasteiger partial charge on any atom is 0.104 e. The largest absolute Gasteiger partial charge is 0.379 e. The molecule has 5 heteroatoms. The summed E-state index contributed by atoms with van der Waals surface area (Å²) in [5.41, 5.74) is 0. The maximum absolute atomic E-state index is 5.43. The van der Waals surface area contributed by atoms with E-state index < -0.39 is 0 Å². The molecule has 1 fully saturated rings. The van der Waals surface area contributed by atoms with E-state index in [4.69, 9.17) is 9.47 Å². The molecule has 0 bridgehead atoms. The van der Waals surface area contributed by atoms with Crippen molar-refractivity contribution in [3.8, 4) is 0 Å². The molecule has 0 aromatic carbocycles. The fourth-order valence-corrected chi connectivity index (χ4v) is 9.13. The van der Waals surface area contributed by atoms with Crippen LogP contribution in [-0.4, -0.2) is 53.3 Å². The van der Waals surface area contributed by atoms with Crippen LogP contribution in [0.15, 0.2) is 0 Å². The van der Waals surface area contributed by atoms with E-state index in [0.29, 0.717) is 23.7 Å². The lowest BCUT2D eigenvalue weighted by atomic mass is 10.5. The molecule has 0 N–H and O–H groups in total. The van der Waals surface area contributed by atoms with Crippen molar-refractivity contribution in [2.24, 2.45) is 0 Å². The Morgan fingerprint density at radius 3 is 3.09 bits per heavy atom. The quantitative estimate of drug-likeness (QED) is 0.267. The molecule has 1 rings (SSSR count). The van der Waals surface area contributed by atoms with Crippen LogP contribution in [0.1, 0.15) is 6.42 Å². The highest BCUT2D eigenvalue weighted by molar-refractivity contribution is 7.23. The first-order chi connectivity index (χ1) is 5.43. The average Bonchev–Trinajstić information content (AvgIpc) is 2.80. The first-order valence-corrected chi connectivity index (χ1v) is 15.3. The van der Waals surface area contributed by atoms with Crippen LogP contribution in [0.2, 0.25) is 6.04 Å². The summed E-state index contributed by atoms with van der Waals surface area (Å²) < 4.78 is 10.5. The van der Waals surface area contributed by atoms with Crippen LogP contribution in [0.25, 0.3) is 0 Å². The molecule has 0 aliphatic carbocycles. The van der Waals surface area contributed by atoms with Crippen molar-refractivity contribution < 1.29 is 9.47 Å². The van der Waals surface area contributed by atoms with E-state index in [-0.39, 0.29) is 0 Å². The molecule has 0 spiro atoms. The molecule has 1 atom stereocenters. The predicted octanol–water partition coefficient (Wildman–Crippen LogP) is -2.26. The molecule has 0 amide bonds. The zero-order valence-corrected chi connectivity index (χ0v) is 12.2. The van der Waals surface area contributed by atoms with Crippen LogP contribution >= 0.6 is 0 Å². The number of rotatable bonds is 7. The first-order valence-electron chi connectivity index (χ1n) is 4.63. The van der Waals surface area contributed by atoms with Gasteiger partial charge in [0.1, 0.15) is 6.10 Å². The minimum absolute atomic E-state index is 0.459. The number of hydrogen-bond acceptors (Lipinski definition) is 2. The summed E-state index contributed by atoms with van der Waals surface area (Å²) in [7, 11) is 2.61. The minimum Gasteiger partial charge on any atom is -0.379 e. The molecule has 11 heavy (non-hydrogen) atoms. The summed E-state index contributed by atoms with van der Waals surface area (Å²) in [6, 6.07) is 1.54. The van der Waals surface area contributed by atoms with Gasteiger partial charge in [-0.2, -0.15) is 0 Å². The summed E-state index contributed by atoms with van der Waals surface area (Å²) in [6.07, 6.45) is 1.79. The van der Waals surface area contributed by atoms with Crippen molar-refractivity contribution in [3.63, 3.8) is 0 Å². The second-order valence-corrected chi connectivity index (χ2v) is 19.6. The molecule has 0 aromatic rings. The Morgan fingerprint density at radius 1 is 1.64 bits per heavy atom. The molecule has 1 unspecified atom stereocenters. The second-order valence-electron chi connectivity index (χ2n) is 3.09. The maximum atomic E-state index is 5.43. The van der Waals surface area contributed by atoms with E-state index >= 15 is 0 Å². The van der Waals surface area contributed by atoms with Crippen LogP contribution in [0, 0.1) is 0 Å². The van der Waals surface area contributed by atoms with Gasteiger partial charge in [0.15, 0.2) is 0 Å². The van der Waals surface area contributed by atoms with E-state index in [1.54, 1.807) is 15.8 Å². The van der Waals surface area contributed by atoms with Gasteiger partial charge in [0.05, 0.1) is 13.2 Å². The number of ether oxygens (including phenoxy) is 2. The zero-order valence-electron chi connectivity index (χ0n) is 7.34. The summed E-state index contributed by atoms with van der Waals surface area (Å²) in [4.78, 5) is 0. The summed E-state index contributed by atoms with van der Waals surface area (Å²) in [5, 5.41) is 0. The van der Waals surface area contributed by atoms with Gasteiger partial charge in [-0.3, -0.25) is 0 Å². The zero-order chi connectivity index (χ0) is 7.94. The summed E-state index contributed by atoms with van der Waals surface area (Å²) in [5.74, 6) is 0. The Kier molecular flexibility index (Phi) is 5.38. The third kappa shape index (κ3) is 5.80. The van der Waals surface area contributed by atoms with Gasteiger partial charge in [-0.15, -0.1) is 0 Å². The Labute approximate surface area is 75.7 Å². The molecule has 1 aliphatic heterocycles. The standard InChI is InChI=1S/C6H18O2Si3/c9-11-10-3-1-2-7-4-6-5-8-6/h6H,1-5,10-11H2,9H3. The fourth-order valence-electron chi connectivity index (χ4n) is 1.01. The highest BCUT2D eigenvalue weighted by atomic mass is 29.5. The van der Waals surface area contributed by atoms with Gasteiger partial charge in [-0.05, 0) is 24.7 Å². The number of epoxide rings is 1. The smallest absolute Gasteiger partial charge is 0.104 e. The Morgan fingerprint density at radius 2 is 2.45 bits per heavy atom. The highest BCUT2D eigenvalue weighted by Crippen LogP contribution is 2.08. The lowest BCUT2D eigenvalue weighted by Crippen LogP contribution is -2.06. The Balaban J connectivity index is 1.66. The normalized spacial score (nSPS) is 24.5. The van der Waals surface area contributed by atoms with Crippen LogP contribution in [0.3, 0.4) is 0 Å². The molecule has 66 valence electrons. The lowest BCUT2D eigenvalue weighted by molar-refractivity contribution is 0.117. The van der Waals surface area contributed by atoms with Gasteiger partial charge < -0.3 is 9.47 Å². The van der Waals surface area contributed by atoms with Gasteiger partial charge >= 0.3 is 0 Å². The van der Waals surface area contributed by atoms with E-state index in [0.717, 1.165) is 19.8 Å². The van der Waals surface area contributed by atoms with Crippen molar-refractivity contribution in [1.82, 2.24) is 0 Å². The molecular formula is C6H18O2Si3. The highest BCUT2D eigenvalue weighted by Gasteiger charge is 2.21. The van der Waals surface area contributed by atoms with Crippen LogP contribution in [0.4, 0.5) is 0 Å². The van der Waals surface area contributed by atoms with Crippen molar-refractivity contribution in [2.45, 2.75) is 18.6 Å². The third-order valence-electron chi connectivity index (χ3n) is 1.85. The topological polar surface area (TPSA) is 21.8 Å². The molecule has 0 aromatic heterocycles. The van der Waals surface area contributed by atoms with Crippen molar-refractivity contribution >= 4 is 27.4 Å². The minimum atomic E-state index is 0.459. The molecule has 1 aliphatic rings. The van der Waals surface area contributed by atoms with Crippen LogP contribution < -0.4 is 0 Å². The van der Waals surface area contributed by atoms with Gasteiger partial charge in [-0.25, -0.2) is 0 Å². The molecule has 2 nitrogen and oxygen atoms in total. The van der Waals surface area contributed by atoms with Gasteiger partial charge in [-0.1, -0.05) is 6.04 Å². The van der Waals surface area contributed by atoms with Gasteiger partial charge in [0.2, 0.25) is 0 Å². The monoisotopic (exact) mass is 206 g/mol. The average molecular weight is 206 g/mol. The van der Waals surface area contributed by atoms with Crippen molar-refractivity contribution in [1.29, 1.82) is 0 Å². The molecular weight excluding hydrogens is 188 g/mol. The summed E-state index contributed by atoms with van der Waals surface area (Å²) in [6.45, 7) is 2.77. The van der Waals surface area contributed by atoms with E-state index in [1.807, 2.05) is 0 Å². The third-order valence-corrected chi connectivity index (χ3v) is 13.5.